The number of rotatable bonds is 4. The molecule has 1 aliphatic rings. The van der Waals surface area contributed by atoms with Crippen molar-refractivity contribution in [1.82, 2.24) is 20.2 Å². The van der Waals surface area contributed by atoms with Crippen LogP contribution in [0.2, 0.25) is 0 Å². The van der Waals surface area contributed by atoms with Gasteiger partial charge in [0.1, 0.15) is 0 Å². The third-order valence-corrected chi connectivity index (χ3v) is 2.79. The van der Waals surface area contributed by atoms with Crippen molar-refractivity contribution in [3.63, 3.8) is 0 Å². The van der Waals surface area contributed by atoms with Crippen LogP contribution in [-0.4, -0.2) is 47.7 Å². The molecule has 1 N–H and O–H groups in total. The van der Waals surface area contributed by atoms with E-state index >= 15 is 0 Å². The zero-order chi connectivity index (χ0) is 11.9. The Labute approximate surface area is 102 Å². The standard InChI is InChI=1S/C12H20N4O/c1-2-17-12-14-8-11(9-15-12)10-16-6-3-4-13-5-7-16/h8-9,13H,2-7,10H2,1H3. The molecule has 1 aromatic rings. The second kappa shape index (κ2) is 6.51. The van der Waals surface area contributed by atoms with Crippen LogP contribution in [0.15, 0.2) is 12.4 Å². The molecule has 0 bridgehead atoms. The summed E-state index contributed by atoms with van der Waals surface area (Å²) in [5.74, 6) is 0. The predicted octanol–water partition coefficient (Wildman–Crippen LogP) is 0.671. The fraction of sp³-hybridized carbons (Fsp3) is 0.667. The SMILES string of the molecule is CCOc1ncc(CN2CCCNCC2)cn1. The molecule has 17 heavy (non-hydrogen) atoms. The van der Waals surface area contributed by atoms with E-state index in [4.69, 9.17) is 4.74 Å². The van der Waals surface area contributed by atoms with Gasteiger partial charge in [0.2, 0.25) is 0 Å². The molecule has 0 radical (unpaired) electrons. The molecular formula is C12H20N4O. The minimum Gasteiger partial charge on any atom is -0.464 e. The molecule has 1 aromatic heterocycles. The molecule has 5 nitrogen and oxygen atoms in total. The van der Waals surface area contributed by atoms with E-state index in [1.807, 2.05) is 19.3 Å². The van der Waals surface area contributed by atoms with Gasteiger partial charge >= 0.3 is 6.01 Å². The quantitative estimate of drug-likeness (QED) is 0.832. The molecule has 94 valence electrons. The highest BCUT2D eigenvalue weighted by atomic mass is 16.5. The molecule has 0 amide bonds. The van der Waals surface area contributed by atoms with Crippen LogP contribution in [0.3, 0.4) is 0 Å². The smallest absolute Gasteiger partial charge is 0.316 e. The average Bonchev–Trinajstić information content (AvgIpc) is 2.61. The third-order valence-electron chi connectivity index (χ3n) is 2.79. The van der Waals surface area contributed by atoms with Crippen LogP contribution in [-0.2, 0) is 6.54 Å². The third kappa shape index (κ3) is 3.94. The van der Waals surface area contributed by atoms with Crippen LogP contribution < -0.4 is 10.1 Å². The van der Waals surface area contributed by atoms with Crippen LogP contribution in [0.1, 0.15) is 18.9 Å². The molecular weight excluding hydrogens is 216 g/mol. The molecule has 0 unspecified atom stereocenters. The van der Waals surface area contributed by atoms with Crippen molar-refractivity contribution in [2.45, 2.75) is 19.9 Å². The maximum atomic E-state index is 5.22. The Morgan fingerprint density at radius 1 is 1.29 bits per heavy atom. The summed E-state index contributed by atoms with van der Waals surface area (Å²) in [6.45, 7) is 7.88. The Hall–Kier alpha value is -1.20. The summed E-state index contributed by atoms with van der Waals surface area (Å²) >= 11 is 0. The first-order chi connectivity index (χ1) is 8.38. The van der Waals surface area contributed by atoms with Gasteiger partial charge in [0.25, 0.3) is 0 Å². The molecule has 1 saturated heterocycles. The highest BCUT2D eigenvalue weighted by molar-refractivity contribution is 5.07. The van der Waals surface area contributed by atoms with E-state index in [0.29, 0.717) is 12.6 Å². The first-order valence-electron chi connectivity index (χ1n) is 6.25. The van der Waals surface area contributed by atoms with Crippen molar-refractivity contribution in [1.29, 1.82) is 0 Å². The molecule has 0 spiro atoms. The summed E-state index contributed by atoms with van der Waals surface area (Å²) in [4.78, 5) is 10.8. The van der Waals surface area contributed by atoms with Gasteiger partial charge in [-0.25, -0.2) is 9.97 Å². The van der Waals surface area contributed by atoms with Crippen molar-refractivity contribution in [3.8, 4) is 6.01 Å². The van der Waals surface area contributed by atoms with Crippen LogP contribution in [0.5, 0.6) is 6.01 Å². The van der Waals surface area contributed by atoms with E-state index < -0.39 is 0 Å². The van der Waals surface area contributed by atoms with Crippen molar-refractivity contribution in [2.75, 3.05) is 32.8 Å². The normalized spacial score (nSPS) is 17.7. The second-order valence-corrected chi connectivity index (χ2v) is 4.19. The van der Waals surface area contributed by atoms with E-state index in [1.165, 1.54) is 6.42 Å². The molecule has 0 aliphatic carbocycles. The van der Waals surface area contributed by atoms with Crippen LogP contribution in [0.25, 0.3) is 0 Å². The van der Waals surface area contributed by atoms with Crippen LogP contribution in [0.4, 0.5) is 0 Å². The Kier molecular flexibility index (Phi) is 4.70. The van der Waals surface area contributed by atoms with Gasteiger partial charge in [0, 0.05) is 37.6 Å². The summed E-state index contributed by atoms with van der Waals surface area (Å²) in [5.41, 5.74) is 1.15. The Bertz CT molecular complexity index is 320. The number of nitrogens with zero attached hydrogens (tertiary/aromatic N) is 3. The van der Waals surface area contributed by atoms with Gasteiger partial charge < -0.3 is 10.1 Å². The molecule has 5 heteroatoms. The second-order valence-electron chi connectivity index (χ2n) is 4.19. The summed E-state index contributed by atoms with van der Waals surface area (Å²) in [7, 11) is 0. The highest BCUT2D eigenvalue weighted by Gasteiger charge is 2.09. The maximum Gasteiger partial charge on any atom is 0.316 e. The van der Waals surface area contributed by atoms with Crippen molar-refractivity contribution >= 4 is 0 Å². The van der Waals surface area contributed by atoms with Gasteiger partial charge in [-0.1, -0.05) is 0 Å². The number of ether oxygens (including phenoxy) is 1. The first-order valence-corrected chi connectivity index (χ1v) is 6.25. The minimum absolute atomic E-state index is 0.466. The van der Waals surface area contributed by atoms with Gasteiger partial charge in [0.05, 0.1) is 6.61 Å². The van der Waals surface area contributed by atoms with E-state index in [2.05, 4.69) is 20.2 Å². The lowest BCUT2D eigenvalue weighted by Gasteiger charge is -2.18. The molecule has 0 atom stereocenters. The van der Waals surface area contributed by atoms with Gasteiger partial charge in [-0.05, 0) is 26.4 Å². The number of nitrogens with one attached hydrogen (secondary N) is 1. The number of hydrogen-bond donors (Lipinski definition) is 1. The Balaban J connectivity index is 1.88. The van der Waals surface area contributed by atoms with Gasteiger partial charge in [-0.2, -0.15) is 0 Å². The zero-order valence-corrected chi connectivity index (χ0v) is 10.4. The largest absolute Gasteiger partial charge is 0.464 e. The Morgan fingerprint density at radius 3 is 2.88 bits per heavy atom. The summed E-state index contributed by atoms with van der Waals surface area (Å²) < 4.78 is 5.22. The molecule has 2 heterocycles. The highest BCUT2D eigenvalue weighted by Crippen LogP contribution is 2.07. The average molecular weight is 236 g/mol. The summed E-state index contributed by atoms with van der Waals surface area (Å²) in [6, 6.07) is 0.466. The van der Waals surface area contributed by atoms with Crippen molar-refractivity contribution in [3.05, 3.63) is 18.0 Å². The van der Waals surface area contributed by atoms with Crippen LogP contribution in [0, 0.1) is 0 Å². The lowest BCUT2D eigenvalue weighted by Crippen LogP contribution is -2.27. The maximum absolute atomic E-state index is 5.22. The molecule has 1 fully saturated rings. The van der Waals surface area contributed by atoms with Gasteiger partial charge in [-0.3, -0.25) is 4.90 Å². The van der Waals surface area contributed by atoms with Gasteiger partial charge in [-0.15, -0.1) is 0 Å². The molecule has 0 aromatic carbocycles. The summed E-state index contributed by atoms with van der Waals surface area (Å²) in [5, 5.41) is 3.40. The van der Waals surface area contributed by atoms with E-state index in [1.54, 1.807) is 0 Å². The summed E-state index contributed by atoms with van der Waals surface area (Å²) in [6.07, 6.45) is 4.92. The van der Waals surface area contributed by atoms with E-state index in [0.717, 1.165) is 38.3 Å². The van der Waals surface area contributed by atoms with Crippen LogP contribution >= 0.6 is 0 Å². The topological polar surface area (TPSA) is 50.3 Å². The van der Waals surface area contributed by atoms with Gasteiger partial charge in [0.15, 0.2) is 0 Å². The number of aromatic nitrogens is 2. The Morgan fingerprint density at radius 2 is 2.12 bits per heavy atom. The molecule has 2 rings (SSSR count). The monoisotopic (exact) mass is 236 g/mol. The minimum atomic E-state index is 0.466. The lowest BCUT2D eigenvalue weighted by molar-refractivity contribution is 0.281. The number of hydrogen-bond acceptors (Lipinski definition) is 5. The van der Waals surface area contributed by atoms with E-state index in [-0.39, 0.29) is 0 Å². The molecule has 1 aliphatic heterocycles. The predicted molar refractivity (Wildman–Crippen MR) is 66.0 cm³/mol. The molecule has 0 saturated carbocycles. The van der Waals surface area contributed by atoms with Crippen molar-refractivity contribution in [2.24, 2.45) is 0 Å². The first kappa shape index (κ1) is 12.3. The fourth-order valence-corrected chi connectivity index (χ4v) is 1.95. The zero-order valence-electron chi connectivity index (χ0n) is 10.4. The van der Waals surface area contributed by atoms with Crippen molar-refractivity contribution < 1.29 is 4.74 Å². The fourth-order valence-electron chi connectivity index (χ4n) is 1.95. The lowest BCUT2D eigenvalue weighted by atomic mass is 10.3. The van der Waals surface area contributed by atoms with E-state index in [9.17, 15) is 0 Å².